The van der Waals surface area contributed by atoms with E-state index in [9.17, 15) is 9.90 Å². The van der Waals surface area contributed by atoms with Crippen molar-refractivity contribution < 1.29 is 14.6 Å². The highest BCUT2D eigenvalue weighted by Gasteiger charge is 2.64. The molecule has 9 atom stereocenters. The molecule has 4 aliphatic rings. The smallest absolute Gasteiger partial charge is 0.133 e. The number of methoxy groups -OCH3 is 1. The topological polar surface area (TPSA) is 46.5 Å². The Labute approximate surface area is 152 Å². The van der Waals surface area contributed by atoms with Crippen LogP contribution in [0.1, 0.15) is 72.1 Å². The Morgan fingerprint density at radius 3 is 2.48 bits per heavy atom. The number of hydrogen-bond acceptors (Lipinski definition) is 3. The molecule has 0 aliphatic heterocycles. The van der Waals surface area contributed by atoms with Crippen LogP contribution in [-0.2, 0) is 9.53 Å². The lowest BCUT2D eigenvalue weighted by atomic mass is 9.44. The molecule has 25 heavy (non-hydrogen) atoms. The van der Waals surface area contributed by atoms with Crippen molar-refractivity contribution in [3.8, 4) is 0 Å². The highest BCUT2D eigenvalue weighted by molar-refractivity contribution is 5.79. The second kappa shape index (κ2) is 6.05. The van der Waals surface area contributed by atoms with Crippen LogP contribution < -0.4 is 0 Å². The number of ether oxygens (including phenoxy) is 1. The molecule has 0 spiro atoms. The van der Waals surface area contributed by atoms with Gasteiger partial charge >= 0.3 is 0 Å². The van der Waals surface area contributed by atoms with E-state index in [4.69, 9.17) is 4.74 Å². The SMILES string of the molecule is CO[C@H]1C[C@H]2[C@@H](CC[C@H]3CC(O)CC[C@@]32C)[C@@H]2CC[C@H](C(C)=O)[C@@]12C. The molecule has 0 saturated heterocycles. The maximum absolute atomic E-state index is 12.4. The minimum atomic E-state index is -0.0877. The fraction of sp³-hybridized carbons (Fsp3) is 0.955. The average Bonchev–Trinajstić information content (AvgIpc) is 2.93. The van der Waals surface area contributed by atoms with E-state index >= 15 is 0 Å². The Morgan fingerprint density at radius 1 is 1.04 bits per heavy atom. The van der Waals surface area contributed by atoms with Crippen molar-refractivity contribution in [3.63, 3.8) is 0 Å². The monoisotopic (exact) mass is 348 g/mol. The van der Waals surface area contributed by atoms with E-state index in [1.165, 1.54) is 19.3 Å². The summed E-state index contributed by atoms with van der Waals surface area (Å²) in [5.74, 6) is 3.30. The number of hydrogen-bond donors (Lipinski definition) is 1. The highest BCUT2D eigenvalue weighted by atomic mass is 16.5. The van der Waals surface area contributed by atoms with Crippen LogP contribution in [0.15, 0.2) is 0 Å². The van der Waals surface area contributed by atoms with Crippen LogP contribution in [0.2, 0.25) is 0 Å². The first-order chi connectivity index (χ1) is 11.8. The number of Topliss-reactive ketones (excluding diaryl/α,β-unsaturated/α-hetero) is 1. The van der Waals surface area contributed by atoms with Crippen LogP contribution in [0.5, 0.6) is 0 Å². The first kappa shape index (κ1) is 18.0. The lowest BCUT2D eigenvalue weighted by Crippen LogP contribution is -2.59. The number of ketones is 1. The van der Waals surface area contributed by atoms with Crippen molar-refractivity contribution in [2.45, 2.75) is 84.3 Å². The van der Waals surface area contributed by atoms with Gasteiger partial charge in [0.1, 0.15) is 5.78 Å². The van der Waals surface area contributed by atoms with Crippen molar-refractivity contribution >= 4 is 5.78 Å². The summed E-state index contributed by atoms with van der Waals surface area (Å²) in [6, 6.07) is 0. The quantitative estimate of drug-likeness (QED) is 0.813. The fourth-order valence-corrected chi connectivity index (χ4v) is 8.18. The number of carbonyl (C=O) groups is 1. The van der Waals surface area contributed by atoms with Gasteiger partial charge in [-0.2, -0.15) is 0 Å². The van der Waals surface area contributed by atoms with Gasteiger partial charge in [0.25, 0.3) is 0 Å². The Hall–Kier alpha value is -0.410. The maximum Gasteiger partial charge on any atom is 0.133 e. The molecule has 4 saturated carbocycles. The summed E-state index contributed by atoms with van der Waals surface area (Å²) in [6.45, 7) is 6.66. The normalized spacial score (nSPS) is 55.2. The third-order valence-corrected chi connectivity index (χ3v) is 9.49. The maximum atomic E-state index is 12.4. The molecule has 4 fully saturated rings. The van der Waals surface area contributed by atoms with Gasteiger partial charge in [0, 0.05) is 18.4 Å². The standard InChI is InChI=1S/C22H36O3/c1-13(23)17-7-8-18-16-6-5-14-11-15(24)9-10-21(14,2)19(16)12-20(25-4)22(17,18)3/h14-20,24H,5-12H2,1-4H3/t14-,15?,16-,17+,18-,19-,20-,21-,22+/m0/s1. The van der Waals surface area contributed by atoms with E-state index in [2.05, 4.69) is 13.8 Å². The largest absolute Gasteiger partial charge is 0.393 e. The predicted molar refractivity (Wildman–Crippen MR) is 98.1 cm³/mol. The number of aliphatic hydroxyl groups is 1. The number of carbonyl (C=O) groups excluding carboxylic acids is 1. The second-order valence-electron chi connectivity index (χ2n) is 10.2. The highest BCUT2D eigenvalue weighted by Crippen LogP contribution is 2.67. The van der Waals surface area contributed by atoms with Gasteiger partial charge in [-0.05, 0) is 87.4 Å². The molecular weight excluding hydrogens is 312 g/mol. The summed E-state index contributed by atoms with van der Waals surface area (Å²) in [5.41, 5.74) is 0.383. The Balaban J connectivity index is 1.69. The summed E-state index contributed by atoms with van der Waals surface area (Å²) in [7, 11) is 1.86. The summed E-state index contributed by atoms with van der Waals surface area (Å²) in [6.07, 6.45) is 9.16. The number of rotatable bonds is 2. The van der Waals surface area contributed by atoms with Crippen LogP contribution in [0.4, 0.5) is 0 Å². The predicted octanol–water partition coefficient (Wildman–Crippen LogP) is 4.22. The Morgan fingerprint density at radius 2 is 1.80 bits per heavy atom. The summed E-state index contributed by atoms with van der Waals surface area (Å²) >= 11 is 0. The van der Waals surface area contributed by atoms with Crippen LogP contribution in [-0.4, -0.2) is 30.2 Å². The van der Waals surface area contributed by atoms with Crippen molar-refractivity contribution in [1.29, 1.82) is 0 Å². The van der Waals surface area contributed by atoms with Crippen molar-refractivity contribution in [1.82, 2.24) is 0 Å². The number of fused-ring (bicyclic) bond motifs is 5. The van der Waals surface area contributed by atoms with E-state index in [0.29, 0.717) is 29.0 Å². The molecule has 3 heteroatoms. The van der Waals surface area contributed by atoms with Crippen molar-refractivity contribution in [3.05, 3.63) is 0 Å². The second-order valence-corrected chi connectivity index (χ2v) is 10.2. The van der Waals surface area contributed by atoms with Gasteiger partial charge in [0.2, 0.25) is 0 Å². The first-order valence-electron chi connectivity index (χ1n) is 10.5. The molecule has 0 heterocycles. The van der Waals surface area contributed by atoms with Gasteiger partial charge in [0.15, 0.2) is 0 Å². The molecule has 1 N–H and O–H groups in total. The molecule has 0 amide bonds. The molecule has 0 aromatic carbocycles. The van der Waals surface area contributed by atoms with E-state index in [0.717, 1.165) is 38.0 Å². The molecule has 4 aliphatic carbocycles. The lowest BCUT2D eigenvalue weighted by molar-refractivity contribution is -0.180. The first-order valence-corrected chi connectivity index (χ1v) is 10.5. The lowest BCUT2D eigenvalue weighted by Gasteiger charge is -2.62. The molecule has 0 aromatic rings. The van der Waals surface area contributed by atoms with Crippen LogP contribution in [0.3, 0.4) is 0 Å². The summed E-state index contributed by atoms with van der Waals surface area (Å²) in [5, 5.41) is 10.2. The van der Waals surface area contributed by atoms with Gasteiger partial charge in [-0.3, -0.25) is 4.79 Å². The minimum Gasteiger partial charge on any atom is -0.393 e. The zero-order valence-electron chi connectivity index (χ0n) is 16.5. The molecule has 0 radical (unpaired) electrons. The van der Waals surface area contributed by atoms with Gasteiger partial charge in [-0.25, -0.2) is 0 Å². The third kappa shape index (κ3) is 2.41. The molecule has 3 nitrogen and oxygen atoms in total. The van der Waals surface area contributed by atoms with Crippen LogP contribution >= 0.6 is 0 Å². The van der Waals surface area contributed by atoms with E-state index < -0.39 is 0 Å². The molecule has 4 rings (SSSR count). The van der Waals surface area contributed by atoms with E-state index in [-0.39, 0.29) is 23.5 Å². The minimum absolute atomic E-state index is 0.0269. The van der Waals surface area contributed by atoms with Gasteiger partial charge in [-0.1, -0.05) is 13.8 Å². The number of aliphatic hydroxyl groups excluding tert-OH is 1. The zero-order chi connectivity index (χ0) is 18.0. The Bertz CT molecular complexity index is 545. The molecule has 142 valence electrons. The van der Waals surface area contributed by atoms with Crippen molar-refractivity contribution in [2.24, 2.45) is 40.4 Å². The van der Waals surface area contributed by atoms with E-state index in [1.807, 2.05) is 7.11 Å². The van der Waals surface area contributed by atoms with Gasteiger partial charge in [-0.15, -0.1) is 0 Å². The third-order valence-electron chi connectivity index (χ3n) is 9.49. The molecule has 0 bridgehead atoms. The summed E-state index contributed by atoms with van der Waals surface area (Å²) < 4.78 is 6.08. The molecule has 0 aromatic heterocycles. The van der Waals surface area contributed by atoms with E-state index in [1.54, 1.807) is 6.92 Å². The van der Waals surface area contributed by atoms with Crippen molar-refractivity contribution in [2.75, 3.05) is 7.11 Å². The van der Waals surface area contributed by atoms with Crippen LogP contribution in [0.25, 0.3) is 0 Å². The molecule has 1 unspecified atom stereocenters. The van der Waals surface area contributed by atoms with Gasteiger partial charge < -0.3 is 9.84 Å². The zero-order valence-corrected chi connectivity index (χ0v) is 16.5. The Kier molecular flexibility index (Phi) is 4.35. The fourth-order valence-electron chi connectivity index (χ4n) is 8.18. The average molecular weight is 349 g/mol. The van der Waals surface area contributed by atoms with Gasteiger partial charge in [0.05, 0.1) is 12.2 Å². The molecular formula is C22H36O3. The van der Waals surface area contributed by atoms with Crippen LogP contribution in [0, 0.1) is 40.4 Å². The summed E-state index contributed by atoms with van der Waals surface area (Å²) in [4.78, 5) is 12.4.